The highest BCUT2D eigenvalue weighted by atomic mass is 19.1. The summed E-state index contributed by atoms with van der Waals surface area (Å²) in [6.07, 6.45) is 1.79. The van der Waals surface area contributed by atoms with Gasteiger partial charge in [0.15, 0.2) is 0 Å². The van der Waals surface area contributed by atoms with E-state index >= 15 is 0 Å². The number of nitrogens with zero attached hydrogens (tertiary/aromatic N) is 2. The highest BCUT2D eigenvalue weighted by Crippen LogP contribution is 2.12. The highest BCUT2D eigenvalue weighted by molar-refractivity contribution is 5.87. The Hall–Kier alpha value is -2.37. The molecule has 6 heteroatoms. The zero-order valence-corrected chi connectivity index (χ0v) is 9.72. The summed E-state index contributed by atoms with van der Waals surface area (Å²) in [5.41, 5.74) is 0.333. The van der Waals surface area contributed by atoms with E-state index in [1.54, 1.807) is 30.1 Å². The lowest BCUT2D eigenvalue weighted by atomic mass is 10.1. The third-order valence-corrected chi connectivity index (χ3v) is 2.45. The molecule has 0 bridgehead atoms. The van der Waals surface area contributed by atoms with Crippen LogP contribution in [-0.2, 0) is 13.6 Å². The van der Waals surface area contributed by atoms with Crippen LogP contribution in [-0.4, -0.2) is 20.9 Å². The Labute approximate surface area is 103 Å². The number of hydrogen-bond donors (Lipinski definition) is 2. The number of carbonyl (C=O) groups is 1. The number of halogens is 1. The molecule has 18 heavy (non-hydrogen) atoms. The lowest BCUT2D eigenvalue weighted by Gasteiger charge is -2.04. The maximum atomic E-state index is 13.4. The van der Waals surface area contributed by atoms with Gasteiger partial charge >= 0.3 is 5.97 Å². The lowest BCUT2D eigenvalue weighted by molar-refractivity contribution is 0.0692. The van der Waals surface area contributed by atoms with E-state index in [1.165, 1.54) is 12.1 Å². The van der Waals surface area contributed by atoms with E-state index in [0.29, 0.717) is 17.9 Å². The van der Waals surface area contributed by atoms with Gasteiger partial charge in [-0.1, -0.05) is 6.07 Å². The molecule has 2 rings (SSSR count). The second kappa shape index (κ2) is 4.87. The van der Waals surface area contributed by atoms with Gasteiger partial charge in [-0.15, -0.1) is 0 Å². The summed E-state index contributed by atoms with van der Waals surface area (Å²) in [7, 11) is 1.80. The summed E-state index contributed by atoms with van der Waals surface area (Å²) in [5, 5.41) is 15.8. The third kappa shape index (κ3) is 2.65. The van der Waals surface area contributed by atoms with E-state index in [-0.39, 0.29) is 5.56 Å². The van der Waals surface area contributed by atoms with Crippen molar-refractivity contribution in [1.82, 2.24) is 9.78 Å². The molecule has 2 aromatic rings. The monoisotopic (exact) mass is 249 g/mol. The Kier molecular flexibility index (Phi) is 3.27. The Morgan fingerprint density at radius 2 is 2.28 bits per heavy atom. The molecule has 0 aliphatic rings. The maximum absolute atomic E-state index is 13.4. The molecule has 1 aromatic heterocycles. The average molecular weight is 249 g/mol. The molecule has 0 radical (unpaired) electrons. The molecule has 0 atom stereocenters. The summed E-state index contributed by atoms with van der Waals surface area (Å²) >= 11 is 0. The molecular weight excluding hydrogens is 237 g/mol. The zero-order chi connectivity index (χ0) is 13.1. The van der Waals surface area contributed by atoms with Gasteiger partial charge in [0.2, 0.25) is 0 Å². The first-order chi connectivity index (χ1) is 8.56. The van der Waals surface area contributed by atoms with Crippen molar-refractivity contribution in [2.45, 2.75) is 6.54 Å². The van der Waals surface area contributed by atoms with Gasteiger partial charge in [0, 0.05) is 25.9 Å². The van der Waals surface area contributed by atoms with Gasteiger partial charge in [-0.3, -0.25) is 4.68 Å². The minimum absolute atomic E-state index is 0.323. The number of aryl methyl sites for hydroxylation is 1. The molecule has 0 aliphatic carbocycles. The van der Waals surface area contributed by atoms with Crippen molar-refractivity contribution in [3.8, 4) is 0 Å². The Bertz CT molecular complexity index is 580. The number of aromatic nitrogens is 2. The Morgan fingerprint density at radius 3 is 2.83 bits per heavy atom. The number of aromatic carboxylic acids is 1. The van der Waals surface area contributed by atoms with Crippen molar-refractivity contribution in [1.29, 1.82) is 0 Å². The topological polar surface area (TPSA) is 67.2 Å². The molecule has 1 aromatic carbocycles. The number of hydrogen-bond acceptors (Lipinski definition) is 3. The van der Waals surface area contributed by atoms with Crippen LogP contribution in [0.3, 0.4) is 0 Å². The smallest absolute Gasteiger partial charge is 0.338 e. The minimum Gasteiger partial charge on any atom is -0.478 e. The molecule has 0 amide bonds. The van der Waals surface area contributed by atoms with Crippen molar-refractivity contribution in [3.05, 3.63) is 47.4 Å². The van der Waals surface area contributed by atoms with Gasteiger partial charge in [-0.2, -0.15) is 5.10 Å². The van der Waals surface area contributed by atoms with Crippen LogP contribution in [0.15, 0.2) is 30.5 Å². The van der Waals surface area contributed by atoms with Crippen molar-refractivity contribution in [3.63, 3.8) is 0 Å². The summed E-state index contributed by atoms with van der Waals surface area (Å²) in [4.78, 5) is 10.6. The summed E-state index contributed by atoms with van der Waals surface area (Å²) in [6, 6.07) is 5.83. The normalized spacial score (nSPS) is 10.3. The summed E-state index contributed by atoms with van der Waals surface area (Å²) < 4.78 is 15.1. The third-order valence-electron chi connectivity index (χ3n) is 2.45. The van der Waals surface area contributed by atoms with Crippen LogP contribution < -0.4 is 5.32 Å². The van der Waals surface area contributed by atoms with E-state index < -0.39 is 11.8 Å². The molecule has 5 nitrogen and oxygen atoms in total. The molecule has 0 saturated carbocycles. The fourth-order valence-corrected chi connectivity index (χ4v) is 1.54. The highest BCUT2D eigenvalue weighted by Gasteiger charge is 2.10. The molecule has 2 N–H and O–H groups in total. The second-order valence-corrected chi connectivity index (χ2v) is 3.85. The average Bonchev–Trinajstić information content (AvgIpc) is 2.72. The van der Waals surface area contributed by atoms with Crippen molar-refractivity contribution in [2.24, 2.45) is 7.05 Å². The largest absolute Gasteiger partial charge is 0.478 e. The molecule has 1 heterocycles. The Balaban J connectivity index is 2.06. The lowest BCUT2D eigenvalue weighted by Crippen LogP contribution is -2.04. The van der Waals surface area contributed by atoms with Gasteiger partial charge in [0.25, 0.3) is 0 Å². The van der Waals surface area contributed by atoms with Gasteiger partial charge in [0.05, 0.1) is 5.56 Å². The maximum Gasteiger partial charge on any atom is 0.338 e. The molecular formula is C12H12FN3O2. The molecule has 0 fully saturated rings. The molecule has 0 unspecified atom stereocenters. The fraction of sp³-hybridized carbons (Fsp3) is 0.167. The van der Waals surface area contributed by atoms with Crippen LogP contribution in [0.5, 0.6) is 0 Å². The van der Waals surface area contributed by atoms with Crippen LogP contribution in [0.1, 0.15) is 15.9 Å². The predicted octanol–water partition coefficient (Wildman–Crippen LogP) is 1.87. The van der Waals surface area contributed by atoms with E-state index in [0.717, 1.165) is 0 Å². The molecule has 0 aliphatic heterocycles. The zero-order valence-electron chi connectivity index (χ0n) is 9.72. The van der Waals surface area contributed by atoms with E-state index in [1.807, 2.05) is 0 Å². The number of rotatable bonds is 4. The van der Waals surface area contributed by atoms with Crippen molar-refractivity contribution in [2.75, 3.05) is 5.32 Å². The quantitative estimate of drug-likeness (QED) is 0.868. The van der Waals surface area contributed by atoms with Gasteiger partial charge < -0.3 is 10.4 Å². The van der Waals surface area contributed by atoms with Gasteiger partial charge in [-0.25, -0.2) is 9.18 Å². The number of carboxylic acid groups (broad SMARTS) is 1. The number of anilines is 1. The first-order valence-corrected chi connectivity index (χ1v) is 5.31. The molecule has 0 spiro atoms. The van der Waals surface area contributed by atoms with Gasteiger partial charge in [0.1, 0.15) is 11.6 Å². The number of benzene rings is 1. The van der Waals surface area contributed by atoms with E-state index in [9.17, 15) is 9.18 Å². The molecule has 94 valence electrons. The Morgan fingerprint density at radius 1 is 1.50 bits per heavy atom. The molecule has 0 saturated heterocycles. The fourth-order valence-electron chi connectivity index (χ4n) is 1.54. The first kappa shape index (κ1) is 12.1. The predicted molar refractivity (Wildman–Crippen MR) is 63.9 cm³/mol. The standard InChI is InChI=1S/C12H12FN3O2/c1-16-5-4-11(15-16)14-7-8-2-3-9(12(17)18)10(13)6-8/h2-6H,7H2,1H3,(H,14,15)(H,17,18). The second-order valence-electron chi connectivity index (χ2n) is 3.85. The first-order valence-electron chi connectivity index (χ1n) is 5.31. The van der Waals surface area contributed by atoms with Crippen molar-refractivity contribution < 1.29 is 14.3 Å². The van der Waals surface area contributed by atoms with Crippen molar-refractivity contribution >= 4 is 11.8 Å². The van der Waals surface area contributed by atoms with Crippen LogP contribution in [0.25, 0.3) is 0 Å². The summed E-state index contributed by atoms with van der Waals surface area (Å²) in [6.45, 7) is 0.383. The van der Waals surface area contributed by atoms with E-state index in [4.69, 9.17) is 5.11 Å². The number of nitrogens with one attached hydrogen (secondary N) is 1. The SMILES string of the molecule is Cn1ccc(NCc2ccc(C(=O)O)c(F)c2)n1. The number of carboxylic acids is 1. The van der Waals surface area contributed by atoms with Gasteiger partial charge in [-0.05, 0) is 17.7 Å². The van der Waals surface area contributed by atoms with Crippen LogP contribution in [0.2, 0.25) is 0 Å². The van der Waals surface area contributed by atoms with Crippen LogP contribution >= 0.6 is 0 Å². The van der Waals surface area contributed by atoms with Crippen LogP contribution in [0, 0.1) is 5.82 Å². The summed E-state index contributed by atoms with van der Waals surface area (Å²) in [5.74, 6) is -1.32. The van der Waals surface area contributed by atoms with E-state index in [2.05, 4.69) is 10.4 Å². The minimum atomic E-state index is -1.27. The van der Waals surface area contributed by atoms with Crippen LogP contribution in [0.4, 0.5) is 10.2 Å².